The summed E-state index contributed by atoms with van der Waals surface area (Å²) < 4.78 is 1.80. The van der Waals surface area contributed by atoms with Gasteiger partial charge in [-0.25, -0.2) is 9.97 Å². The molecule has 2 aromatic rings. The second kappa shape index (κ2) is 5.81. The Kier molecular flexibility index (Phi) is 4.03. The minimum Gasteiger partial charge on any atom is -0.372 e. The molecule has 1 saturated heterocycles. The third-order valence-corrected chi connectivity index (χ3v) is 4.96. The van der Waals surface area contributed by atoms with Gasteiger partial charge in [-0.05, 0) is 0 Å². The van der Waals surface area contributed by atoms with Crippen LogP contribution in [0.15, 0.2) is 6.20 Å². The fraction of sp³-hybridized carbons (Fsp3) is 0.643. The zero-order chi connectivity index (χ0) is 15.0. The molecule has 1 N–H and O–H groups in total. The average Bonchev–Trinajstić information content (AvgIpc) is 2.79. The number of rotatable bonds is 3. The molecule has 1 aliphatic rings. The SMILES string of the molecule is CNc1nc(CN2CC(C)SC(C)C2)nc2c1cnn2C. The Bertz CT molecular complexity index is 630. The van der Waals surface area contributed by atoms with Crippen molar-refractivity contribution in [3.05, 3.63) is 12.0 Å². The van der Waals surface area contributed by atoms with Crippen LogP contribution in [0.25, 0.3) is 11.0 Å². The first-order valence-corrected chi connectivity index (χ1v) is 8.25. The summed E-state index contributed by atoms with van der Waals surface area (Å²) in [5, 5.41) is 9.73. The van der Waals surface area contributed by atoms with Crippen molar-refractivity contribution in [2.75, 3.05) is 25.5 Å². The Hall–Kier alpha value is -1.34. The van der Waals surface area contributed by atoms with E-state index < -0.39 is 0 Å². The first kappa shape index (κ1) is 14.6. The Labute approximate surface area is 129 Å². The lowest BCUT2D eigenvalue weighted by atomic mass is 10.3. The maximum Gasteiger partial charge on any atom is 0.163 e. The second-order valence-electron chi connectivity index (χ2n) is 5.70. The largest absolute Gasteiger partial charge is 0.372 e. The summed E-state index contributed by atoms with van der Waals surface area (Å²) in [6.07, 6.45) is 1.81. The van der Waals surface area contributed by atoms with E-state index in [0.717, 1.165) is 42.3 Å². The smallest absolute Gasteiger partial charge is 0.163 e. The molecular formula is C14H22N6S. The van der Waals surface area contributed by atoms with Gasteiger partial charge >= 0.3 is 0 Å². The maximum absolute atomic E-state index is 4.69. The standard InChI is InChI=1S/C14H22N6S/c1-9-6-20(7-10(2)21-9)8-12-17-13(15-3)11-5-16-19(4)14(11)18-12/h5,9-10H,6-8H2,1-4H3,(H,15,17,18). The lowest BCUT2D eigenvalue weighted by Crippen LogP contribution is -2.40. The van der Waals surface area contributed by atoms with Crippen LogP contribution in [0.3, 0.4) is 0 Å². The quantitative estimate of drug-likeness (QED) is 0.932. The van der Waals surface area contributed by atoms with Crippen molar-refractivity contribution in [3.8, 4) is 0 Å². The molecule has 0 amide bonds. The van der Waals surface area contributed by atoms with Crippen molar-refractivity contribution < 1.29 is 0 Å². The Morgan fingerprint density at radius 2 is 2.00 bits per heavy atom. The molecule has 3 rings (SSSR count). The number of hydrogen-bond acceptors (Lipinski definition) is 6. The van der Waals surface area contributed by atoms with Crippen LogP contribution in [0.1, 0.15) is 19.7 Å². The van der Waals surface area contributed by atoms with Gasteiger partial charge in [0.1, 0.15) is 11.6 Å². The van der Waals surface area contributed by atoms with Crippen molar-refractivity contribution in [1.29, 1.82) is 0 Å². The van der Waals surface area contributed by atoms with Crippen LogP contribution in [0.2, 0.25) is 0 Å². The van der Waals surface area contributed by atoms with Crippen LogP contribution in [0.4, 0.5) is 5.82 Å². The summed E-state index contributed by atoms with van der Waals surface area (Å²) in [7, 11) is 3.81. The summed E-state index contributed by atoms with van der Waals surface area (Å²) in [4.78, 5) is 11.8. The van der Waals surface area contributed by atoms with E-state index in [1.54, 1.807) is 4.68 Å². The molecule has 0 saturated carbocycles. The molecule has 21 heavy (non-hydrogen) atoms. The third kappa shape index (κ3) is 2.98. The summed E-state index contributed by atoms with van der Waals surface area (Å²) in [5.41, 5.74) is 0.886. The molecule has 0 aromatic carbocycles. The van der Waals surface area contributed by atoms with E-state index in [1.807, 2.05) is 20.3 Å². The van der Waals surface area contributed by atoms with Crippen molar-refractivity contribution in [3.63, 3.8) is 0 Å². The van der Waals surface area contributed by atoms with Crippen molar-refractivity contribution >= 4 is 28.6 Å². The van der Waals surface area contributed by atoms with Gasteiger partial charge in [0.2, 0.25) is 0 Å². The normalized spacial score (nSPS) is 23.6. The van der Waals surface area contributed by atoms with Crippen LogP contribution in [0.5, 0.6) is 0 Å². The highest BCUT2D eigenvalue weighted by Gasteiger charge is 2.23. The molecule has 0 spiro atoms. The number of thioether (sulfide) groups is 1. The lowest BCUT2D eigenvalue weighted by Gasteiger charge is -2.34. The molecule has 114 valence electrons. The number of anilines is 1. The van der Waals surface area contributed by atoms with E-state index in [2.05, 4.69) is 50.9 Å². The number of aryl methyl sites for hydroxylation is 1. The highest BCUT2D eigenvalue weighted by Crippen LogP contribution is 2.26. The molecule has 2 unspecified atom stereocenters. The molecular weight excluding hydrogens is 284 g/mol. The Morgan fingerprint density at radius 3 is 2.67 bits per heavy atom. The summed E-state index contributed by atoms with van der Waals surface area (Å²) >= 11 is 2.06. The van der Waals surface area contributed by atoms with E-state index in [4.69, 9.17) is 0 Å². The number of aromatic nitrogens is 4. The predicted molar refractivity (Wildman–Crippen MR) is 87.6 cm³/mol. The first-order chi connectivity index (χ1) is 10.1. The van der Waals surface area contributed by atoms with Crippen molar-refractivity contribution in [2.24, 2.45) is 7.05 Å². The van der Waals surface area contributed by atoms with Gasteiger partial charge in [0.15, 0.2) is 5.65 Å². The highest BCUT2D eigenvalue weighted by molar-refractivity contribution is 8.00. The second-order valence-corrected chi connectivity index (χ2v) is 7.58. The van der Waals surface area contributed by atoms with E-state index in [9.17, 15) is 0 Å². The number of nitrogens with one attached hydrogen (secondary N) is 1. The van der Waals surface area contributed by atoms with E-state index in [1.165, 1.54) is 0 Å². The van der Waals surface area contributed by atoms with E-state index >= 15 is 0 Å². The summed E-state index contributed by atoms with van der Waals surface area (Å²) in [6, 6.07) is 0. The number of hydrogen-bond donors (Lipinski definition) is 1. The lowest BCUT2D eigenvalue weighted by molar-refractivity contribution is 0.257. The van der Waals surface area contributed by atoms with Gasteiger partial charge in [-0.1, -0.05) is 13.8 Å². The summed E-state index contributed by atoms with van der Waals surface area (Å²) in [6.45, 7) is 7.56. The molecule has 3 heterocycles. The van der Waals surface area contributed by atoms with Crippen molar-refractivity contribution in [2.45, 2.75) is 30.9 Å². The minimum atomic E-state index is 0.665. The highest BCUT2D eigenvalue weighted by atomic mass is 32.2. The monoisotopic (exact) mass is 306 g/mol. The molecule has 7 heteroatoms. The van der Waals surface area contributed by atoms with Crippen LogP contribution in [-0.2, 0) is 13.6 Å². The molecule has 0 radical (unpaired) electrons. The Balaban J connectivity index is 1.88. The molecule has 6 nitrogen and oxygen atoms in total. The zero-order valence-corrected chi connectivity index (χ0v) is 13.8. The van der Waals surface area contributed by atoms with Gasteiger partial charge in [-0.2, -0.15) is 16.9 Å². The number of fused-ring (bicyclic) bond motifs is 1. The van der Waals surface area contributed by atoms with Gasteiger partial charge in [-0.15, -0.1) is 0 Å². The molecule has 1 aliphatic heterocycles. The molecule has 0 bridgehead atoms. The van der Waals surface area contributed by atoms with Gasteiger partial charge < -0.3 is 5.32 Å². The molecule has 1 fully saturated rings. The predicted octanol–water partition coefficient (Wildman–Crippen LogP) is 1.73. The molecule has 2 atom stereocenters. The topological polar surface area (TPSA) is 58.9 Å². The molecule has 2 aromatic heterocycles. The van der Waals surface area contributed by atoms with Crippen molar-refractivity contribution in [1.82, 2.24) is 24.6 Å². The average molecular weight is 306 g/mol. The van der Waals surface area contributed by atoms with Crippen LogP contribution in [0, 0.1) is 0 Å². The third-order valence-electron chi connectivity index (χ3n) is 3.74. The first-order valence-electron chi connectivity index (χ1n) is 7.31. The van der Waals surface area contributed by atoms with Crippen LogP contribution in [-0.4, -0.2) is 55.3 Å². The zero-order valence-electron chi connectivity index (χ0n) is 13.0. The van der Waals surface area contributed by atoms with Gasteiger partial charge in [0.25, 0.3) is 0 Å². The van der Waals surface area contributed by atoms with Gasteiger partial charge in [0, 0.05) is 37.7 Å². The minimum absolute atomic E-state index is 0.665. The van der Waals surface area contributed by atoms with Gasteiger partial charge in [-0.3, -0.25) is 9.58 Å². The fourth-order valence-corrected chi connectivity index (χ4v) is 4.33. The fourth-order valence-electron chi connectivity index (χ4n) is 2.94. The number of nitrogens with zero attached hydrogens (tertiary/aromatic N) is 5. The maximum atomic E-state index is 4.69. The van der Waals surface area contributed by atoms with Crippen LogP contribution < -0.4 is 5.32 Å². The molecule has 0 aliphatic carbocycles. The van der Waals surface area contributed by atoms with E-state index in [0.29, 0.717) is 10.5 Å². The summed E-state index contributed by atoms with van der Waals surface area (Å²) in [5.74, 6) is 1.72. The van der Waals surface area contributed by atoms with Crippen LogP contribution >= 0.6 is 11.8 Å². The van der Waals surface area contributed by atoms with E-state index in [-0.39, 0.29) is 0 Å². The van der Waals surface area contributed by atoms with Gasteiger partial charge in [0.05, 0.1) is 18.1 Å². The Morgan fingerprint density at radius 1 is 1.29 bits per heavy atom.